The van der Waals surface area contributed by atoms with Gasteiger partial charge in [0.1, 0.15) is 12.1 Å². The fourth-order valence-electron chi connectivity index (χ4n) is 2.00. The average molecular weight is 343 g/mol. The van der Waals surface area contributed by atoms with E-state index in [-0.39, 0.29) is 11.8 Å². The summed E-state index contributed by atoms with van der Waals surface area (Å²) in [6, 6.07) is 6.37. The molecule has 1 unspecified atom stereocenters. The van der Waals surface area contributed by atoms with Crippen molar-refractivity contribution in [2.45, 2.75) is 18.5 Å². The molecule has 102 valence electrons. The number of piperazine rings is 1. The Bertz CT molecular complexity index is 495. The van der Waals surface area contributed by atoms with Gasteiger partial charge in [0.15, 0.2) is 0 Å². The molecule has 0 bridgehead atoms. The number of carbonyl (C=O) groups excluding carboxylic acids is 2. The van der Waals surface area contributed by atoms with E-state index >= 15 is 0 Å². The number of amides is 2. The van der Waals surface area contributed by atoms with Gasteiger partial charge in [-0.05, 0) is 30.1 Å². The molecular formula is C13H15BrN2O2S. The van der Waals surface area contributed by atoms with Crippen LogP contribution in [0, 0.1) is 0 Å². The predicted molar refractivity (Wildman–Crippen MR) is 80.0 cm³/mol. The molecule has 2 amide bonds. The number of halogens is 1. The van der Waals surface area contributed by atoms with E-state index in [2.05, 4.69) is 26.6 Å². The monoisotopic (exact) mass is 342 g/mol. The molecule has 2 atom stereocenters. The van der Waals surface area contributed by atoms with Crippen LogP contribution in [0.5, 0.6) is 0 Å². The largest absolute Gasteiger partial charge is 0.342 e. The Labute approximate surface area is 124 Å². The van der Waals surface area contributed by atoms with Gasteiger partial charge in [-0.25, -0.2) is 0 Å². The number of carbonyl (C=O) groups is 2. The molecule has 1 fully saturated rings. The van der Waals surface area contributed by atoms with Gasteiger partial charge in [0.25, 0.3) is 0 Å². The first kappa shape index (κ1) is 14.4. The van der Waals surface area contributed by atoms with Gasteiger partial charge in [0.2, 0.25) is 11.8 Å². The highest BCUT2D eigenvalue weighted by Gasteiger charge is 2.34. The van der Waals surface area contributed by atoms with Gasteiger partial charge in [-0.1, -0.05) is 34.1 Å². The summed E-state index contributed by atoms with van der Waals surface area (Å²) >= 11 is 5.06. The summed E-state index contributed by atoms with van der Waals surface area (Å²) in [5, 5.41) is 5.58. The molecule has 6 heteroatoms. The Morgan fingerprint density at radius 2 is 1.95 bits per heavy atom. The van der Waals surface area contributed by atoms with Gasteiger partial charge in [-0.2, -0.15) is 11.8 Å². The number of hydrogen-bond donors (Lipinski definition) is 2. The molecule has 4 nitrogen and oxygen atoms in total. The van der Waals surface area contributed by atoms with Gasteiger partial charge >= 0.3 is 0 Å². The second kappa shape index (κ2) is 6.43. The van der Waals surface area contributed by atoms with E-state index < -0.39 is 12.1 Å². The van der Waals surface area contributed by atoms with E-state index in [4.69, 9.17) is 0 Å². The molecule has 0 aliphatic carbocycles. The Kier molecular flexibility index (Phi) is 4.87. The first-order chi connectivity index (χ1) is 9.13. The number of hydrogen-bond acceptors (Lipinski definition) is 3. The maximum atomic E-state index is 12.1. The summed E-state index contributed by atoms with van der Waals surface area (Å²) in [4.78, 5) is 24.1. The fourth-order valence-corrected chi connectivity index (χ4v) is 2.98. The third kappa shape index (κ3) is 3.30. The highest BCUT2D eigenvalue weighted by Crippen LogP contribution is 2.25. The molecule has 0 saturated carbocycles. The lowest BCUT2D eigenvalue weighted by atomic mass is 10.0. The van der Waals surface area contributed by atoms with Gasteiger partial charge in [0.05, 0.1) is 0 Å². The smallest absolute Gasteiger partial charge is 0.247 e. The standard InChI is InChI=1S/C13H15BrN2O2S/c1-19-7-6-10-12(17)16-11(13(18)15-10)8-4-2-3-5-9(8)14/h2-5,10-11H,6-7H2,1H3,(H,15,18)(H,16,17)/t10-,11?/m0/s1. The quantitative estimate of drug-likeness (QED) is 0.877. The topological polar surface area (TPSA) is 58.2 Å². The van der Waals surface area contributed by atoms with Crippen LogP contribution in [0.1, 0.15) is 18.0 Å². The predicted octanol–water partition coefficient (Wildman–Crippen LogP) is 1.86. The summed E-state index contributed by atoms with van der Waals surface area (Å²) in [5.74, 6) is 0.574. The van der Waals surface area contributed by atoms with Crippen molar-refractivity contribution in [2.75, 3.05) is 12.0 Å². The summed E-state index contributed by atoms with van der Waals surface area (Å²) in [5.41, 5.74) is 0.775. The SMILES string of the molecule is CSCC[C@@H]1NC(=O)C(c2ccccc2Br)NC1=O. The second-order valence-electron chi connectivity index (χ2n) is 4.31. The average Bonchev–Trinajstić information content (AvgIpc) is 2.40. The van der Waals surface area contributed by atoms with Crippen LogP contribution in [0.15, 0.2) is 28.7 Å². The third-order valence-electron chi connectivity index (χ3n) is 3.01. The van der Waals surface area contributed by atoms with Crippen LogP contribution in [-0.4, -0.2) is 29.9 Å². The van der Waals surface area contributed by atoms with E-state index in [0.29, 0.717) is 6.42 Å². The molecule has 0 spiro atoms. The molecule has 2 rings (SSSR count). The van der Waals surface area contributed by atoms with E-state index in [9.17, 15) is 9.59 Å². The molecule has 1 aromatic rings. The first-order valence-corrected chi connectivity index (χ1v) is 8.16. The van der Waals surface area contributed by atoms with Crippen LogP contribution >= 0.6 is 27.7 Å². The van der Waals surface area contributed by atoms with E-state index in [1.165, 1.54) is 0 Å². The fraction of sp³-hybridized carbons (Fsp3) is 0.385. The van der Waals surface area contributed by atoms with Crippen molar-refractivity contribution >= 4 is 39.5 Å². The Morgan fingerprint density at radius 3 is 2.63 bits per heavy atom. The van der Waals surface area contributed by atoms with E-state index in [0.717, 1.165) is 15.8 Å². The number of benzene rings is 1. The van der Waals surface area contributed by atoms with Gasteiger partial charge in [0, 0.05) is 4.47 Å². The zero-order valence-electron chi connectivity index (χ0n) is 10.5. The first-order valence-electron chi connectivity index (χ1n) is 5.97. The molecule has 1 aliphatic rings. The highest BCUT2D eigenvalue weighted by atomic mass is 79.9. The second-order valence-corrected chi connectivity index (χ2v) is 6.15. The lowest BCUT2D eigenvalue weighted by Crippen LogP contribution is -2.57. The maximum Gasteiger partial charge on any atom is 0.247 e. The molecule has 1 aromatic carbocycles. The minimum Gasteiger partial charge on any atom is -0.342 e. The molecule has 1 saturated heterocycles. The van der Waals surface area contributed by atoms with Crippen LogP contribution in [0.4, 0.5) is 0 Å². The lowest BCUT2D eigenvalue weighted by molar-refractivity contribution is -0.137. The van der Waals surface area contributed by atoms with Crippen molar-refractivity contribution in [1.29, 1.82) is 0 Å². The van der Waals surface area contributed by atoms with Crippen molar-refractivity contribution in [2.24, 2.45) is 0 Å². The van der Waals surface area contributed by atoms with Crippen LogP contribution in [-0.2, 0) is 9.59 Å². The van der Waals surface area contributed by atoms with Gasteiger partial charge in [-0.15, -0.1) is 0 Å². The summed E-state index contributed by atoms with van der Waals surface area (Å²) in [6.07, 6.45) is 2.63. The summed E-state index contributed by atoms with van der Waals surface area (Å²) < 4.78 is 0.818. The Balaban J connectivity index is 2.13. The van der Waals surface area contributed by atoms with Gasteiger partial charge < -0.3 is 10.6 Å². The summed E-state index contributed by atoms with van der Waals surface area (Å²) in [6.45, 7) is 0. The maximum absolute atomic E-state index is 12.1. The summed E-state index contributed by atoms with van der Waals surface area (Å²) in [7, 11) is 0. The molecule has 19 heavy (non-hydrogen) atoms. The van der Waals surface area contributed by atoms with Crippen LogP contribution < -0.4 is 10.6 Å². The number of nitrogens with one attached hydrogen (secondary N) is 2. The van der Waals surface area contributed by atoms with Crippen molar-refractivity contribution in [1.82, 2.24) is 10.6 Å². The molecule has 0 aromatic heterocycles. The lowest BCUT2D eigenvalue weighted by Gasteiger charge is -2.30. The van der Waals surface area contributed by atoms with Crippen LogP contribution in [0.2, 0.25) is 0 Å². The molecule has 1 aliphatic heterocycles. The van der Waals surface area contributed by atoms with Crippen LogP contribution in [0.3, 0.4) is 0 Å². The zero-order chi connectivity index (χ0) is 13.8. The van der Waals surface area contributed by atoms with Crippen LogP contribution in [0.25, 0.3) is 0 Å². The van der Waals surface area contributed by atoms with Crippen molar-refractivity contribution in [3.8, 4) is 0 Å². The Hall–Kier alpha value is -1.01. The number of rotatable bonds is 4. The minimum atomic E-state index is -0.617. The Morgan fingerprint density at radius 1 is 1.21 bits per heavy atom. The normalized spacial score (nSPS) is 22.8. The molecule has 0 radical (unpaired) electrons. The molecular weight excluding hydrogens is 328 g/mol. The van der Waals surface area contributed by atoms with Crippen molar-refractivity contribution in [3.05, 3.63) is 34.3 Å². The van der Waals surface area contributed by atoms with E-state index in [1.54, 1.807) is 11.8 Å². The van der Waals surface area contributed by atoms with Gasteiger partial charge in [-0.3, -0.25) is 9.59 Å². The number of thioether (sulfide) groups is 1. The van der Waals surface area contributed by atoms with Crippen molar-refractivity contribution < 1.29 is 9.59 Å². The minimum absolute atomic E-state index is 0.116. The zero-order valence-corrected chi connectivity index (χ0v) is 12.9. The van der Waals surface area contributed by atoms with Crippen molar-refractivity contribution in [3.63, 3.8) is 0 Å². The molecule has 1 heterocycles. The molecule has 2 N–H and O–H groups in total. The highest BCUT2D eigenvalue weighted by molar-refractivity contribution is 9.10. The third-order valence-corrected chi connectivity index (χ3v) is 4.37. The van der Waals surface area contributed by atoms with E-state index in [1.807, 2.05) is 30.5 Å².